The van der Waals surface area contributed by atoms with E-state index in [2.05, 4.69) is 26.0 Å². The van der Waals surface area contributed by atoms with Gasteiger partial charge >= 0.3 is 0 Å². The predicted octanol–water partition coefficient (Wildman–Crippen LogP) is 5.60. The smallest absolute Gasteiger partial charge is 0.254 e. The zero-order valence-corrected chi connectivity index (χ0v) is 23.8. The second-order valence-electron chi connectivity index (χ2n) is 9.08. The van der Waals surface area contributed by atoms with Crippen molar-refractivity contribution >= 4 is 23.2 Å². The van der Waals surface area contributed by atoms with Crippen LogP contribution in [0.4, 0.5) is 0 Å². The maximum atomic E-state index is 13.7. The third-order valence-corrected chi connectivity index (χ3v) is 7.31. The Morgan fingerprint density at radius 3 is 2.32 bits per heavy atom. The number of carbonyl (C=O) groups is 2. The molecule has 1 heterocycles. The van der Waals surface area contributed by atoms with Gasteiger partial charge in [0.15, 0.2) is 11.5 Å². The number of methoxy groups -OCH3 is 3. The highest BCUT2D eigenvalue weighted by Crippen LogP contribution is 2.28. The summed E-state index contributed by atoms with van der Waals surface area (Å²) < 4.78 is 16.1. The first-order valence-corrected chi connectivity index (χ1v) is 13.7. The first-order valence-electron chi connectivity index (χ1n) is 12.9. The summed E-state index contributed by atoms with van der Waals surface area (Å²) in [5, 5.41) is 0. The third-order valence-electron chi connectivity index (χ3n) is 6.33. The van der Waals surface area contributed by atoms with Gasteiger partial charge in [0.2, 0.25) is 5.91 Å². The summed E-state index contributed by atoms with van der Waals surface area (Å²) in [5.74, 6) is 1.69. The molecule has 7 nitrogen and oxygen atoms in total. The number of hydrogen-bond donors (Lipinski definition) is 0. The molecular weight excluding hydrogens is 500 g/mol. The van der Waals surface area contributed by atoms with Crippen molar-refractivity contribution in [3.05, 3.63) is 75.5 Å². The largest absolute Gasteiger partial charge is 0.497 e. The maximum absolute atomic E-state index is 13.7. The van der Waals surface area contributed by atoms with E-state index in [1.807, 2.05) is 23.1 Å². The van der Waals surface area contributed by atoms with Gasteiger partial charge in [-0.1, -0.05) is 25.5 Å². The summed E-state index contributed by atoms with van der Waals surface area (Å²) >= 11 is 1.68. The molecule has 0 saturated heterocycles. The first kappa shape index (κ1) is 29.0. The number of amides is 2. The van der Waals surface area contributed by atoms with Crippen LogP contribution in [0.2, 0.25) is 0 Å². The number of nitrogens with zero attached hydrogens (tertiary/aromatic N) is 2. The van der Waals surface area contributed by atoms with E-state index in [9.17, 15) is 9.59 Å². The first-order chi connectivity index (χ1) is 18.4. The molecule has 0 atom stereocenters. The normalized spacial score (nSPS) is 10.7. The molecule has 0 unspecified atom stereocenters. The van der Waals surface area contributed by atoms with E-state index < -0.39 is 0 Å². The molecule has 2 aromatic carbocycles. The van der Waals surface area contributed by atoms with Crippen LogP contribution in [-0.4, -0.2) is 62.6 Å². The molecule has 38 heavy (non-hydrogen) atoms. The second-order valence-corrected chi connectivity index (χ2v) is 10.5. The van der Waals surface area contributed by atoms with Crippen molar-refractivity contribution in [2.75, 3.05) is 41.0 Å². The lowest BCUT2D eigenvalue weighted by Gasteiger charge is -2.28. The molecule has 2 amide bonds. The van der Waals surface area contributed by atoms with Crippen molar-refractivity contribution in [1.29, 1.82) is 0 Å². The highest BCUT2D eigenvalue weighted by molar-refractivity contribution is 7.11. The Morgan fingerprint density at radius 1 is 0.868 bits per heavy atom. The molecule has 3 aromatic rings. The van der Waals surface area contributed by atoms with Crippen molar-refractivity contribution in [3.63, 3.8) is 0 Å². The molecule has 0 bridgehead atoms. The van der Waals surface area contributed by atoms with Gasteiger partial charge in [-0.25, -0.2) is 0 Å². The Kier molecular flexibility index (Phi) is 11.0. The van der Waals surface area contributed by atoms with Crippen molar-refractivity contribution in [2.24, 2.45) is 0 Å². The zero-order valence-electron chi connectivity index (χ0n) is 23.0. The molecule has 0 N–H and O–H groups in total. The molecule has 0 spiro atoms. The van der Waals surface area contributed by atoms with Crippen LogP contribution in [0.1, 0.15) is 45.4 Å². The number of rotatable bonds is 14. The molecule has 204 valence electrons. The highest BCUT2D eigenvalue weighted by atomic mass is 32.1. The van der Waals surface area contributed by atoms with Gasteiger partial charge in [0.05, 0.1) is 27.9 Å². The van der Waals surface area contributed by atoms with Gasteiger partial charge in [0, 0.05) is 28.4 Å². The van der Waals surface area contributed by atoms with Crippen LogP contribution in [0.25, 0.3) is 0 Å². The molecule has 0 aliphatic rings. The number of benzene rings is 2. The number of hydrogen-bond acceptors (Lipinski definition) is 6. The van der Waals surface area contributed by atoms with Crippen LogP contribution in [0.3, 0.4) is 0 Å². The van der Waals surface area contributed by atoms with Gasteiger partial charge in [0.1, 0.15) is 12.3 Å². The molecule has 0 fully saturated rings. The van der Waals surface area contributed by atoms with Crippen molar-refractivity contribution in [2.45, 2.75) is 39.7 Å². The van der Waals surface area contributed by atoms with Crippen LogP contribution < -0.4 is 14.2 Å². The van der Waals surface area contributed by atoms with Gasteiger partial charge in [-0.2, -0.15) is 0 Å². The van der Waals surface area contributed by atoms with E-state index in [1.54, 1.807) is 61.8 Å². The molecular formula is C30H38N2O5S. The predicted molar refractivity (Wildman–Crippen MR) is 152 cm³/mol. The fourth-order valence-corrected chi connectivity index (χ4v) is 5.06. The molecule has 3 rings (SSSR count). The average molecular weight is 539 g/mol. The highest BCUT2D eigenvalue weighted by Gasteiger charge is 2.23. The Morgan fingerprint density at radius 2 is 1.66 bits per heavy atom. The SMILES string of the molecule is CCCCN(CC(=O)N(CCc1ccc(OC)c(OC)c1)Cc1ccc(C)s1)C(=O)c1cccc(OC)c1. The Balaban J connectivity index is 1.80. The zero-order chi connectivity index (χ0) is 27.5. The molecule has 0 radical (unpaired) electrons. The number of thiophene rings is 1. The number of ether oxygens (including phenoxy) is 3. The van der Waals surface area contributed by atoms with Crippen LogP contribution in [0, 0.1) is 6.92 Å². The van der Waals surface area contributed by atoms with Gasteiger partial charge in [-0.05, 0) is 67.8 Å². The minimum atomic E-state index is -0.169. The standard InChI is InChI=1S/C30H38N2O5S/c1-6-7-16-32(30(34)24-9-8-10-25(19-24)35-3)21-29(33)31(20-26-13-11-22(2)38-26)17-15-23-12-14-27(36-4)28(18-23)37-5/h8-14,18-19H,6-7,15-17,20-21H2,1-5H3. The number of unbranched alkanes of at least 4 members (excludes halogenated alkanes) is 1. The van der Waals surface area contributed by atoms with E-state index in [-0.39, 0.29) is 18.4 Å². The lowest BCUT2D eigenvalue weighted by Crippen LogP contribution is -2.43. The van der Waals surface area contributed by atoms with Crippen LogP contribution in [0.5, 0.6) is 17.2 Å². The molecule has 0 aliphatic carbocycles. The fraction of sp³-hybridized carbons (Fsp3) is 0.400. The summed E-state index contributed by atoms with van der Waals surface area (Å²) in [4.78, 5) is 32.9. The summed E-state index contributed by atoms with van der Waals surface area (Å²) in [6.07, 6.45) is 2.39. The summed E-state index contributed by atoms with van der Waals surface area (Å²) in [6, 6.07) is 17.0. The topological polar surface area (TPSA) is 68.3 Å². The van der Waals surface area contributed by atoms with E-state index in [1.165, 1.54) is 4.88 Å². The Hall–Kier alpha value is -3.52. The summed E-state index contributed by atoms with van der Waals surface area (Å²) in [5.41, 5.74) is 1.55. The van der Waals surface area contributed by atoms with Crippen molar-refractivity contribution in [1.82, 2.24) is 9.80 Å². The van der Waals surface area contributed by atoms with Crippen molar-refractivity contribution < 1.29 is 23.8 Å². The minimum Gasteiger partial charge on any atom is -0.497 e. The molecule has 1 aromatic heterocycles. The van der Waals surface area contributed by atoms with Gasteiger partial charge in [-0.3, -0.25) is 9.59 Å². The average Bonchev–Trinajstić information content (AvgIpc) is 3.36. The molecule has 0 aliphatic heterocycles. The maximum Gasteiger partial charge on any atom is 0.254 e. The number of carbonyl (C=O) groups excluding carboxylic acids is 2. The van der Waals surface area contributed by atoms with E-state index in [0.29, 0.717) is 48.9 Å². The summed E-state index contributed by atoms with van der Waals surface area (Å²) in [7, 11) is 4.80. The van der Waals surface area contributed by atoms with E-state index >= 15 is 0 Å². The fourth-order valence-electron chi connectivity index (χ4n) is 4.15. The van der Waals surface area contributed by atoms with Gasteiger partial charge in [0.25, 0.3) is 5.91 Å². The van der Waals surface area contributed by atoms with Crippen LogP contribution in [-0.2, 0) is 17.8 Å². The van der Waals surface area contributed by atoms with E-state index in [4.69, 9.17) is 14.2 Å². The van der Waals surface area contributed by atoms with Gasteiger partial charge < -0.3 is 24.0 Å². The van der Waals surface area contributed by atoms with Gasteiger partial charge in [-0.15, -0.1) is 11.3 Å². The molecule has 0 saturated carbocycles. The summed E-state index contributed by atoms with van der Waals surface area (Å²) in [6.45, 7) is 5.68. The minimum absolute atomic E-state index is 0.0202. The molecule has 8 heteroatoms. The Labute approximate surface area is 229 Å². The van der Waals surface area contributed by atoms with Crippen molar-refractivity contribution in [3.8, 4) is 17.2 Å². The third kappa shape index (κ3) is 7.99. The quantitative estimate of drug-likeness (QED) is 0.267. The Bertz CT molecular complexity index is 1210. The second kappa shape index (κ2) is 14.4. The lowest BCUT2D eigenvalue weighted by molar-refractivity contribution is -0.132. The number of aryl methyl sites for hydroxylation is 1. The lowest BCUT2D eigenvalue weighted by atomic mass is 10.1. The van der Waals surface area contributed by atoms with Crippen LogP contribution >= 0.6 is 11.3 Å². The monoisotopic (exact) mass is 538 g/mol. The van der Waals surface area contributed by atoms with E-state index in [0.717, 1.165) is 23.3 Å². The van der Waals surface area contributed by atoms with Crippen LogP contribution in [0.15, 0.2) is 54.6 Å².